The number of aliphatic hydroxyl groups excluding tert-OH is 1. The number of carbonyl (C=O) groups excluding carboxylic acids is 1. The molecule has 196 valence electrons. The zero-order chi connectivity index (χ0) is 26.1. The smallest absolute Gasteiger partial charge is 0.389 e. The summed E-state index contributed by atoms with van der Waals surface area (Å²) in [6.07, 6.45) is -1.69. The Hall–Kier alpha value is -2.72. The Bertz CT molecular complexity index is 1040. The number of benzene rings is 2. The van der Waals surface area contributed by atoms with E-state index < -0.39 is 23.8 Å². The molecule has 0 radical (unpaired) electrons. The van der Waals surface area contributed by atoms with Crippen molar-refractivity contribution < 1.29 is 32.5 Å². The van der Waals surface area contributed by atoms with Crippen molar-refractivity contribution in [1.82, 2.24) is 9.80 Å². The highest BCUT2D eigenvalue weighted by Crippen LogP contribution is 2.32. The maximum Gasteiger partial charge on any atom is 0.416 e. The standard InChI is InChI=1S/C27H33F3N2O4/c1-35-15-14-31-13-12-24-20(7-5-8-21(24)16-31)10-11-26(34)32(18-23(33)19-36-2)17-22-6-3-4-9-25(22)27(28,29)30/h3-11,23,33H,12-19H2,1-2H3/b11-10+. The van der Waals surface area contributed by atoms with Gasteiger partial charge in [0.15, 0.2) is 0 Å². The largest absolute Gasteiger partial charge is 0.416 e. The van der Waals surface area contributed by atoms with Gasteiger partial charge in [-0.2, -0.15) is 13.2 Å². The van der Waals surface area contributed by atoms with Crippen LogP contribution in [-0.4, -0.2) is 74.0 Å². The van der Waals surface area contributed by atoms with Gasteiger partial charge >= 0.3 is 6.18 Å². The van der Waals surface area contributed by atoms with Gasteiger partial charge in [-0.05, 0) is 40.8 Å². The molecule has 0 spiro atoms. The van der Waals surface area contributed by atoms with Gasteiger partial charge < -0.3 is 19.5 Å². The summed E-state index contributed by atoms with van der Waals surface area (Å²) in [5.74, 6) is -0.489. The van der Waals surface area contributed by atoms with Crippen molar-refractivity contribution in [3.63, 3.8) is 0 Å². The van der Waals surface area contributed by atoms with E-state index in [1.807, 2.05) is 12.1 Å². The molecule has 2 aromatic carbocycles. The van der Waals surface area contributed by atoms with E-state index in [-0.39, 0.29) is 25.3 Å². The number of amides is 1. The molecule has 2 aromatic rings. The van der Waals surface area contributed by atoms with E-state index in [1.54, 1.807) is 13.2 Å². The molecule has 1 aliphatic heterocycles. The summed E-state index contributed by atoms with van der Waals surface area (Å²) < 4.78 is 50.6. The number of hydrogen-bond acceptors (Lipinski definition) is 5. The number of rotatable bonds is 11. The molecule has 0 aliphatic carbocycles. The van der Waals surface area contributed by atoms with Gasteiger partial charge in [0, 0.05) is 53.0 Å². The van der Waals surface area contributed by atoms with Crippen LogP contribution in [0.3, 0.4) is 0 Å². The molecule has 0 bridgehead atoms. The third-order valence-corrected chi connectivity index (χ3v) is 6.18. The molecular formula is C27H33F3N2O4. The summed E-state index contributed by atoms with van der Waals surface area (Å²) >= 11 is 0. The first-order chi connectivity index (χ1) is 17.2. The highest BCUT2D eigenvalue weighted by atomic mass is 19.4. The quantitative estimate of drug-likeness (QED) is 0.471. The van der Waals surface area contributed by atoms with E-state index in [1.165, 1.54) is 41.8 Å². The van der Waals surface area contributed by atoms with Crippen LogP contribution in [0, 0.1) is 0 Å². The summed E-state index contributed by atoms with van der Waals surface area (Å²) in [5, 5.41) is 10.2. The minimum Gasteiger partial charge on any atom is -0.389 e. The van der Waals surface area contributed by atoms with Crippen LogP contribution in [0.5, 0.6) is 0 Å². The second-order valence-corrected chi connectivity index (χ2v) is 8.82. The van der Waals surface area contributed by atoms with E-state index in [0.29, 0.717) is 6.61 Å². The fraction of sp³-hybridized carbons (Fsp3) is 0.444. The van der Waals surface area contributed by atoms with Crippen molar-refractivity contribution in [2.24, 2.45) is 0 Å². The highest BCUT2D eigenvalue weighted by Gasteiger charge is 2.33. The van der Waals surface area contributed by atoms with E-state index in [4.69, 9.17) is 9.47 Å². The lowest BCUT2D eigenvalue weighted by molar-refractivity contribution is -0.139. The van der Waals surface area contributed by atoms with Crippen LogP contribution in [0.4, 0.5) is 13.2 Å². The molecular weight excluding hydrogens is 473 g/mol. The summed E-state index contributed by atoms with van der Waals surface area (Å²) in [4.78, 5) is 16.7. The van der Waals surface area contributed by atoms with Gasteiger partial charge in [0.1, 0.15) is 0 Å². The summed E-state index contributed by atoms with van der Waals surface area (Å²) in [7, 11) is 3.08. The molecule has 0 fully saturated rings. The fourth-order valence-electron chi connectivity index (χ4n) is 4.40. The predicted molar refractivity (Wildman–Crippen MR) is 131 cm³/mol. The van der Waals surface area contributed by atoms with Crippen LogP contribution in [0.1, 0.15) is 27.8 Å². The van der Waals surface area contributed by atoms with E-state index in [0.717, 1.165) is 43.2 Å². The highest BCUT2D eigenvalue weighted by molar-refractivity contribution is 5.92. The molecule has 9 heteroatoms. The number of ether oxygens (including phenoxy) is 2. The summed E-state index contributed by atoms with van der Waals surface area (Å²) in [6, 6.07) is 11.1. The molecule has 6 nitrogen and oxygen atoms in total. The van der Waals surface area contributed by atoms with Gasteiger partial charge in [-0.3, -0.25) is 9.69 Å². The van der Waals surface area contributed by atoms with Gasteiger partial charge in [0.25, 0.3) is 0 Å². The number of methoxy groups -OCH3 is 2. The zero-order valence-corrected chi connectivity index (χ0v) is 20.6. The fourth-order valence-corrected chi connectivity index (χ4v) is 4.40. The van der Waals surface area contributed by atoms with Crippen molar-refractivity contribution in [2.45, 2.75) is 31.8 Å². The maximum atomic E-state index is 13.5. The van der Waals surface area contributed by atoms with Gasteiger partial charge in [0.2, 0.25) is 5.91 Å². The van der Waals surface area contributed by atoms with Crippen LogP contribution in [0.2, 0.25) is 0 Å². The first-order valence-corrected chi connectivity index (χ1v) is 11.8. The number of carbonyl (C=O) groups is 1. The third-order valence-electron chi connectivity index (χ3n) is 6.18. The van der Waals surface area contributed by atoms with Crippen LogP contribution in [0.15, 0.2) is 48.5 Å². The van der Waals surface area contributed by atoms with E-state index in [9.17, 15) is 23.1 Å². The number of halogens is 3. The lowest BCUT2D eigenvalue weighted by atomic mass is 9.94. The minimum atomic E-state index is -4.55. The van der Waals surface area contributed by atoms with E-state index >= 15 is 0 Å². The van der Waals surface area contributed by atoms with Gasteiger partial charge in [-0.15, -0.1) is 0 Å². The average molecular weight is 507 g/mol. The molecule has 1 aliphatic rings. The lowest BCUT2D eigenvalue weighted by Crippen LogP contribution is -2.38. The molecule has 1 heterocycles. The van der Waals surface area contributed by atoms with Gasteiger partial charge in [0.05, 0.1) is 24.9 Å². The number of nitrogens with zero attached hydrogens (tertiary/aromatic N) is 2. The third kappa shape index (κ3) is 7.64. The van der Waals surface area contributed by atoms with Crippen molar-refractivity contribution in [1.29, 1.82) is 0 Å². The molecule has 1 amide bonds. The Morgan fingerprint density at radius 2 is 1.94 bits per heavy atom. The normalized spacial score (nSPS) is 15.2. The first-order valence-electron chi connectivity index (χ1n) is 11.8. The summed E-state index contributed by atoms with van der Waals surface area (Å²) in [6.45, 7) is 2.67. The first kappa shape index (κ1) is 27.9. The SMILES string of the molecule is COCCN1CCc2c(/C=C/C(=O)N(Cc3ccccc3C(F)(F)F)CC(O)COC)cccc2C1. The lowest BCUT2D eigenvalue weighted by Gasteiger charge is -2.29. The maximum absolute atomic E-state index is 13.5. The molecule has 0 aromatic heterocycles. The number of fused-ring (bicyclic) bond motifs is 1. The monoisotopic (exact) mass is 506 g/mol. The van der Waals surface area contributed by atoms with Crippen LogP contribution in [0.25, 0.3) is 6.08 Å². The second-order valence-electron chi connectivity index (χ2n) is 8.82. The second kappa shape index (κ2) is 13.0. The Morgan fingerprint density at radius 3 is 2.67 bits per heavy atom. The van der Waals surface area contributed by atoms with E-state index in [2.05, 4.69) is 11.0 Å². The Balaban J connectivity index is 1.81. The molecule has 1 unspecified atom stereocenters. The van der Waals surface area contributed by atoms with Gasteiger partial charge in [-0.25, -0.2) is 0 Å². The molecule has 36 heavy (non-hydrogen) atoms. The van der Waals surface area contributed by atoms with Crippen molar-refractivity contribution in [3.8, 4) is 0 Å². The molecule has 1 atom stereocenters. The molecule has 1 N–H and O–H groups in total. The van der Waals surface area contributed by atoms with Crippen LogP contribution < -0.4 is 0 Å². The van der Waals surface area contributed by atoms with Crippen LogP contribution >= 0.6 is 0 Å². The number of aliphatic hydroxyl groups is 1. The predicted octanol–water partition coefficient (Wildman–Crippen LogP) is 3.76. The zero-order valence-electron chi connectivity index (χ0n) is 20.6. The Morgan fingerprint density at radius 1 is 1.17 bits per heavy atom. The number of alkyl halides is 3. The molecule has 3 rings (SSSR count). The topological polar surface area (TPSA) is 62.2 Å². The van der Waals surface area contributed by atoms with Crippen LogP contribution in [-0.2, 0) is 40.0 Å². The number of hydrogen-bond donors (Lipinski definition) is 1. The van der Waals surface area contributed by atoms with Crippen molar-refractivity contribution in [2.75, 3.05) is 47.1 Å². The molecule has 0 saturated heterocycles. The average Bonchev–Trinajstić information content (AvgIpc) is 2.85. The summed E-state index contributed by atoms with van der Waals surface area (Å²) in [5.41, 5.74) is 2.40. The van der Waals surface area contributed by atoms with Crippen molar-refractivity contribution >= 4 is 12.0 Å². The Kier molecular flexibility index (Phi) is 10.1. The van der Waals surface area contributed by atoms with Gasteiger partial charge in [-0.1, -0.05) is 36.4 Å². The molecule has 0 saturated carbocycles. The Labute approximate surface area is 209 Å². The van der Waals surface area contributed by atoms with Crippen molar-refractivity contribution in [3.05, 3.63) is 76.4 Å². The minimum absolute atomic E-state index is 0.0374.